The average molecular weight is 283 g/mol. The molecule has 1 aromatic heterocycles. The normalized spacial score (nSPS) is 21.8. The van der Waals surface area contributed by atoms with Crippen molar-refractivity contribution in [1.29, 1.82) is 0 Å². The zero-order chi connectivity index (χ0) is 14.9. The number of benzene rings is 1. The summed E-state index contributed by atoms with van der Waals surface area (Å²) in [6.07, 6.45) is 6.15. The highest BCUT2D eigenvalue weighted by molar-refractivity contribution is 5.79. The predicted octanol–water partition coefficient (Wildman–Crippen LogP) is 2.72. The van der Waals surface area contributed by atoms with Crippen molar-refractivity contribution >= 4 is 5.91 Å². The van der Waals surface area contributed by atoms with E-state index in [1.165, 1.54) is 5.56 Å². The van der Waals surface area contributed by atoms with Gasteiger partial charge in [-0.1, -0.05) is 26.0 Å². The standard InChI is InChI=1S/C17H21N3O/c1-13(2)17(9-8-16(21)19-17)12-14-4-6-15(7-5-14)20-11-3-10-18-20/h3-7,10-11,13H,8-9,12H2,1-2H3,(H,19,21). The van der Waals surface area contributed by atoms with Crippen LogP contribution >= 0.6 is 0 Å². The van der Waals surface area contributed by atoms with Gasteiger partial charge in [-0.25, -0.2) is 4.68 Å². The van der Waals surface area contributed by atoms with E-state index in [9.17, 15) is 4.79 Å². The molecule has 0 radical (unpaired) electrons. The summed E-state index contributed by atoms with van der Waals surface area (Å²) in [5.74, 6) is 0.603. The number of amides is 1. The molecule has 1 fully saturated rings. The Morgan fingerprint density at radius 3 is 2.62 bits per heavy atom. The average Bonchev–Trinajstić information content (AvgIpc) is 3.10. The zero-order valence-corrected chi connectivity index (χ0v) is 12.5. The van der Waals surface area contributed by atoms with Gasteiger partial charge in [0.05, 0.1) is 5.69 Å². The SMILES string of the molecule is CC(C)C1(Cc2ccc(-n3cccn3)cc2)CCC(=O)N1. The van der Waals surface area contributed by atoms with Crippen LogP contribution < -0.4 is 5.32 Å². The number of nitrogens with zero attached hydrogens (tertiary/aromatic N) is 2. The zero-order valence-electron chi connectivity index (χ0n) is 12.5. The Balaban J connectivity index is 1.79. The number of nitrogens with one attached hydrogen (secondary N) is 1. The van der Waals surface area contributed by atoms with E-state index in [4.69, 9.17) is 0 Å². The topological polar surface area (TPSA) is 46.9 Å². The number of rotatable bonds is 4. The van der Waals surface area contributed by atoms with Crippen LogP contribution in [0.4, 0.5) is 0 Å². The lowest BCUT2D eigenvalue weighted by molar-refractivity contribution is -0.120. The van der Waals surface area contributed by atoms with Gasteiger partial charge in [-0.3, -0.25) is 4.79 Å². The molecule has 1 N–H and O–H groups in total. The molecule has 3 rings (SSSR count). The number of aromatic nitrogens is 2. The molecule has 1 aromatic carbocycles. The fraction of sp³-hybridized carbons (Fsp3) is 0.412. The summed E-state index contributed by atoms with van der Waals surface area (Å²) in [6.45, 7) is 4.37. The smallest absolute Gasteiger partial charge is 0.220 e. The molecule has 1 unspecified atom stereocenters. The van der Waals surface area contributed by atoms with Crippen LogP contribution in [0.5, 0.6) is 0 Å². The summed E-state index contributed by atoms with van der Waals surface area (Å²) in [5.41, 5.74) is 2.21. The van der Waals surface area contributed by atoms with Gasteiger partial charge >= 0.3 is 0 Å². The summed E-state index contributed by atoms with van der Waals surface area (Å²) in [7, 11) is 0. The summed E-state index contributed by atoms with van der Waals surface area (Å²) >= 11 is 0. The maximum absolute atomic E-state index is 11.6. The molecule has 1 atom stereocenters. The van der Waals surface area contributed by atoms with Crippen molar-refractivity contribution in [2.24, 2.45) is 5.92 Å². The van der Waals surface area contributed by atoms with E-state index >= 15 is 0 Å². The highest BCUT2D eigenvalue weighted by Gasteiger charge is 2.40. The number of carbonyl (C=O) groups is 1. The van der Waals surface area contributed by atoms with E-state index in [1.54, 1.807) is 6.20 Å². The lowest BCUT2D eigenvalue weighted by Gasteiger charge is -2.33. The minimum Gasteiger partial charge on any atom is -0.350 e. The fourth-order valence-electron chi connectivity index (χ4n) is 3.06. The summed E-state index contributed by atoms with van der Waals surface area (Å²) in [4.78, 5) is 11.6. The van der Waals surface area contributed by atoms with Crippen LogP contribution in [0.2, 0.25) is 0 Å². The molecule has 0 bridgehead atoms. The lowest BCUT2D eigenvalue weighted by Crippen LogP contribution is -2.48. The monoisotopic (exact) mass is 283 g/mol. The molecule has 110 valence electrons. The van der Waals surface area contributed by atoms with Crippen molar-refractivity contribution in [1.82, 2.24) is 15.1 Å². The van der Waals surface area contributed by atoms with Crippen LogP contribution in [0.25, 0.3) is 5.69 Å². The molecule has 0 saturated carbocycles. The minimum absolute atomic E-state index is 0.0930. The van der Waals surface area contributed by atoms with E-state index in [2.05, 4.69) is 48.5 Å². The van der Waals surface area contributed by atoms with Crippen LogP contribution in [-0.2, 0) is 11.2 Å². The summed E-state index contributed by atoms with van der Waals surface area (Å²) in [5, 5.41) is 7.43. The quantitative estimate of drug-likeness (QED) is 0.938. The third kappa shape index (κ3) is 2.71. The third-order valence-corrected chi connectivity index (χ3v) is 4.52. The molecule has 1 aliphatic rings. The number of carbonyl (C=O) groups excluding carboxylic acids is 1. The highest BCUT2D eigenvalue weighted by Crippen LogP contribution is 2.32. The molecule has 1 aliphatic heterocycles. The predicted molar refractivity (Wildman–Crippen MR) is 82.2 cm³/mol. The Morgan fingerprint density at radius 1 is 1.33 bits per heavy atom. The van der Waals surface area contributed by atoms with E-state index < -0.39 is 0 Å². The molecule has 1 amide bonds. The Labute approximate surface area is 125 Å². The van der Waals surface area contributed by atoms with Crippen molar-refractivity contribution in [2.45, 2.75) is 38.6 Å². The van der Waals surface area contributed by atoms with E-state index in [-0.39, 0.29) is 11.4 Å². The highest BCUT2D eigenvalue weighted by atomic mass is 16.2. The molecule has 1 saturated heterocycles. The second-order valence-corrected chi connectivity index (χ2v) is 6.15. The second kappa shape index (κ2) is 5.35. The first-order valence-electron chi connectivity index (χ1n) is 7.49. The molecule has 4 heteroatoms. The van der Waals surface area contributed by atoms with Crippen molar-refractivity contribution in [3.05, 3.63) is 48.3 Å². The summed E-state index contributed by atoms with van der Waals surface area (Å²) < 4.78 is 1.85. The van der Waals surface area contributed by atoms with Crippen LogP contribution in [0.15, 0.2) is 42.7 Å². The van der Waals surface area contributed by atoms with E-state index in [1.807, 2.05) is 16.9 Å². The maximum atomic E-state index is 11.6. The number of hydrogen-bond donors (Lipinski definition) is 1. The summed E-state index contributed by atoms with van der Waals surface area (Å²) in [6, 6.07) is 10.3. The molecule has 0 spiro atoms. The minimum atomic E-state index is -0.0930. The van der Waals surface area contributed by atoms with Crippen molar-refractivity contribution in [3.63, 3.8) is 0 Å². The first-order chi connectivity index (χ1) is 10.1. The van der Waals surface area contributed by atoms with E-state index in [0.29, 0.717) is 12.3 Å². The van der Waals surface area contributed by atoms with Gasteiger partial charge in [0.25, 0.3) is 0 Å². The van der Waals surface area contributed by atoms with E-state index in [0.717, 1.165) is 18.5 Å². The van der Waals surface area contributed by atoms with Gasteiger partial charge in [-0.15, -0.1) is 0 Å². The first kappa shape index (κ1) is 13.9. The van der Waals surface area contributed by atoms with Gasteiger partial charge in [0, 0.05) is 24.4 Å². The van der Waals surface area contributed by atoms with Crippen LogP contribution in [-0.4, -0.2) is 21.2 Å². The van der Waals surface area contributed by atoms with Gasteiger partial charge in [0.2, 0.25) is 5.91 Å². The van der Waals surface area contributed by atoms with Gasteiger partial charge in [0.1, 0.15) is 0 Å². The largest absolute Gasteiger partial charge is 0.350 e. The van der Waals surface area contributed by atoms with Gasteiger partial charge in [-0.2, -0.15) is 5.10 Å². The molecule has 4 nitrogen and oxygen atoms in total. The third-order valence-electron chi connectivity index (χ3n) is 4.52. The molecule has 2 aromatic rings. The first-order valence-corrected chi connectivity index (χ1v) is 7.49. The van der Waals surface area contributed by atoms with Crippen LogP contribution in [0.1, 0.15) is 32.3 Å². The fourth-order valence-corrected chi connectivity index (χ4v) is 3.06. The molecule has 2 heterocycles. The number of hydrogen-bond acceptors (Lipinski definition) is 2. The van der Waals surface area contributed by atoms with Crippen molar-refractivity contribution in [2.75, 3.05) is 0 Å². The Bertz CT molecular complexity index is 616. The lowest BCUT2D eigenvalue weighted by atomic mass is 9.80. The maximum Gasteiger partial charge on any atom is 0.220 e. The van der Waals surface area contributed by atoms with Crippen LogP contribution in [0.3, 0.4) is 0 Å². The molecule has 0 aliphatic carbocycles. The molecule has 21 heavy (non-hydrogen) atoms. The Morgan fingerprint density at radius 2 is 2.10 bits per heavy atom. The van der Waals surface area contributed by atoms with Crippen LogP contribution in [0, 0.1) is 5.92 Å². The Kier molecular flexibility index (Phi) is 3.53. The molecular formula is C17H21N3O. The molecular weight excluding hydrogens is 262 g/mol. The Hall–Kier alpha value is -2.10. The van der Waals surface area contributed by atoms with Crippen molar-refractivity contribution < 1.29 is 4.79 Å². The van der Waals surface area contributed by atoms with Gasteiger partial charge in [-0.05, 0) is 42.5 Å². The second-order valence-electron chi connectivity index (χ2n) is 6.15. The van der Waals surface area contributed by atoms with Gasteiger partial charge in [0.15, 0.2) is 0 Å². The van der Waals surface area contributed by atoms with Gasteiger partial charge < -0.3 is 5.32 Å². The van der Waals surface area contributed by atoms with Crippen molar-refractivity contribution in [3.8, 4) is 5.69 Å².